The zero-order valence-corrected chi connectivity index (χ0v) is 68.6. The minimum absolute atomic E-state index is 0.00692. The van der Waals surface area contributed by atoms with E-state index in [1.807, 2.05) is 149 Å². The third-order valence-corrected chi connectivity index (χ3v) is 18.8. The van der Waals surface area contributed by atoms with Crippen LogP contribution in [0, 0.1) is 0 Å². The predicted molar refractivity (Wildman–Crippen MR) is 432 cm³/mol. The fourth-order valence-corrected chi connectivity index (χ4v) is 13.3. The second kappa shape index (κ2) is 49.4. The lowest BCUT2D eigenvalue weighted by Crippen LogP contribution is -2.49. The van der Waals surface area contributed by atoms with Crippen LogP contribution < -0.4 is 66.3 Å². The Balaban J connectivity index is 0.000000612. The molecular formula is C78H144N12O9S3. The highest BCUT2D eigenvalue weighted by atomic mass is 32.2. The van der Waals surface area contributed by atoms with E-state index >= 15 is 0 Å². The van der Waals surface area contributed by atoms with Crippen molar-refractivity contribution in [3.8, 4) is 0 Å². The van der Waals surface area contributed by atoms with Gasteiger partial charge in [-0.15, -0.1) is 0 Å². The fourth-order valence-electron chi connectivity index (χ4n) is 11.0. The molecule has 0 radical (unpaired) electrons. The summed E-state index contributed by atoms with van der Waals surface area (Å²) in [5, 5.41) is 17.7. The van der Waals surface area contributed by atoms with E-state index in [2.05, 4.69) is 80.5 Å². The molecule has 0 heterocycles. The molecule has 102 heavy (non-hydrogen) atoms. The van der Waals surface area contributed by atoms with Crippen molar-refractivity contribution in [1.82, 2.24) is 31.9 Å². The molecule has 6 aliphatic rings. The minimum Gasteiger partial charge on any atom is -0.444 e. The maximum absolute atomic E-state index is 11.8. The summed E-state index contributed by atoms with van der Waals surface area (Å²) < 4.78 is 15.5. The molecule has 4 unspecified atom stereocenters. The molecule has 0 aromatic heterocycles. The average molecular weight is 1490 g/mol. The molecule has 0 spiro atoms. The molecule has 6 amide bonds. The van der Waals surface area contributed by atoms with Gasteiger partial charge in [-0.2, -0.15) is 0 Å². The monoisotopic (exact) mass is 1490 g/mol. The number of carbonyl (C=O) groups excluding carboxylic acids is 6. The molecule has 0 aromatic carbocycles. The molecule has 0 fully saturated rings. The van der Waals surface area contributed by atoms with Crippen LogP contribution >= 0.6 is 35.3 Å². The first-order chi connectivity index (χ1) is 47.3. The minimum atomic E-state index is -0.473. The molecule has 6 rings (SSSR count). The van der Waals surface area contributed by atoms with E-state index in [9.17, 15) is 28.8 Å². The first-order valence-corrected chi connectivity index (χ1v) is 40.2. The van der Waals surface area contributed by atoms with Gasteiger partial charge < -0.3 is 80.5 Å². The first-order valence-electron chi connectivity index (χ1n) is 37.8. The van der Waals surface area contributed by atoms with Crippen molar-refractivity contribution in [3.05, 3.63) is 72.9 Å². The van der Waals surface area contributed by atoms with Crippen molar-refractivity contribution in [1.29, 1.82) is 0 Å². The molecule has 21 nitrogen and oxygen atoms in total. The number of hydrogen-bond donors (Lipinski definition) is 12. The van der Waals surface area contributed by atoms with Gasteiger partial charge >= 0.3 is 18.3 Å². The van der Waals surface area contributed by atoms with Crippen molar-refractivity contribution >= 4 is 69.3 Å². The van der Waals surface area contributed by atoms with Crippen LogP contribution in [0.25, 0.3) is 0 Å². The number of hydrogen-bond acceptors (Lipinski definition) is 18. The number of rotatable bonds is 6. The number of amides is 6. The van der Waals surface area contributed by atoms with Gasteiger partial charge in [0.2, 0.25) is 0 Å². The van der Waals surface area contributed by atoms with E-state index in [4.69, 9.17) is 48.6 Å². The molecule has 588 valence electrons. The molecule has 24 heteroatoms. The van der Waals surface area contributed by atoms with Crippen LogP contribution in [0.3, 0.4) is 0 Å². The van der Waals surface area contributed by atoms with Crippen LogP contribution in [0.4, 0.5) is 28.8 Å². The van der Waals surface area contributed by atoms with Crippen molar-refractivity contribution in [2.24, 2.45) is 34.4 Å². The van der Waals surface area contributed by atoms with Gasteiger partial charge in [0.05, 0.1) is 18.1 Å². The lowest BCUT2D eigenvalue weighted by Gasteiger charge is -2.27. The quantitative estimate of drug-likeness (QED) is 0.0868. The van der Waals surface area contributed by atoms with Gasteiger partial charge in [-0.05, 0) is 191 Å². The number of ether oxygens (including phenoxy) is 3. The van der Waals surface area contributed by atoms with Crippen LogP contribution in [0.15, 0.2) is 72.9 Å². The SMILES string of the molecule is CC(C)(C)OC(=O)NC1/C=C/CCCC[C@H]1N.CC(C)(C)OC(=O)N[C@@H]1CC/C=C/CC[C@@H]1N.CC(C)(C)OC(=O)N[C@@H]1CCCC/C=C/C1N.CC(C)(C)SC(=O)NC1/C=C/CCCC[C@H]1N.CC(C)(C)SC(=O)N[C@@H]1CC/C=C/CC[C@@H]1N.CC(C)(C)SC(=O)N[C@@H]1CCCC/C=C/C1N. The van der Waals surface area contributed by atoms with Crippen LogP contribution in [-0.4, -0.2) is 138 Å². The summed E-state index contributed by atoms with van der Waals surface area (Å²) in [7, 11) is 0. The summed E-state index contributed by atoms with van der Waals surface area (Å²) in [5.41, 5.74) is 34.9. The Kier molecular flexibility index (Phi) is 46.2. The van der Waals surface area contributed by atoms with E-state index in [0.717, 1.165) is 135 Å². The zero-order valence-electron chi connectivity index (χ0n) is 66.2. The molecular weight excluding hydrogens is 1350 g/mol. The molecule has 12 atom stereocenters. The maximum atomic E-state index is 11.8. The third-order valence-electron chi connectivity index (χ3n) is 16.0. The van der Waals surface area contributed by atoms with Crippen LogP contribution in [0.1, 0.15) is 279 Å². The summed E-state index contributed by atoms with van der Waals surface area (Å²) in [6.07, 6.45) is 48.8. The predicted octanol–water partition coefficient (Wildman–Crippen LogP) is 16.2. The number of thioether (sulfide) groups is 3. The third kappa shape index (κ3) is 52.4. The van der Waals surface area contributed by atoms with Crippen LogP contribution in [0.5, 0.6) is 0 Å². The maximum Gasteiger partial charge on any atom is 0.408 e. The molecule has 0 aliphatic heterocycles. The number of nitrogens with one attached hydrogen (secondary N) is 6. The van der Waals surface area contributed by atoms with E-state index in [1.165, 1.54) is 54.5 Å². The van der Waals surface area contributed by atoms with Crippen molar-refractivity contribution in [2.45, 2.75) is 382 Å². The zero-order chi connectivity index (χ0) is 77.3. The van der Waals surface area contributed by atoms with Gasteiger partial charge in [0.15, 0.2) is 0 Å². The topological polar surface area (TPSA) is 358 Å². The normalized spacial score (nSPS) is 27.9. The number of carbonyl (C=O) groups is 6. The molecule has 6 aliphatic carbocycles. The van der Waals surface area contributed by atoms with Crippen LogP contribution in [-0.2, 0) is 14.2 Å². The molecule has 0 saturated carbocycles. The fraction of sp³-hybridized carbons (Fsp3) is 0.769. The Morgan fingerprint density at radius 2 is 0.569 bits per heavy atom. The molecule has 0 bridgehead atoms. The first kappa shape index (κ1) is 95.5. The van der Waals surface area contributed by atoms with Gasteiger partial charge in [-0.25, -0.2) is 14.4 Å². The summed E-state index contributed by atoms with van der Waals surface area (Å²) in [4.78, 5) is 70.5. The number of nitrogens with two attached hydrogens (primary N) is 6. The summed E-state index contributed by atoms with van der Waals surface area (Å²) >= 11 is 4.00. The van der Waals surface area contributed by atoms with Gasteiger partial charge in [0, 0.05) is 68.6 Å². The Bertz CT molecular complexity index is 2430. The summed E-state index contributed by atoms with van der Waals surface area (Å²) in [5.74, 6) is 0. The average Bonchev–Trinajstić information content (AvgIpc) is 0.931. The highest BCUT2D eigenvalue weighted by Crippen LogP contribution is 2.28. The lowest BCUT2D eigenvalue weighted by molar-refractivity contribution is 0.0483. The van der Waals surface area contributed by atoms with Crippen LogP contribution in [0.2, 0.25) is 0 Å². The number of alkyl carbamates (subject to hydrolysis) is 3. The Hall–Kier alpha value is -4.53. The van der Waals surface area contributed by atoms with Gasteiger partial charge in [-0.3, -0.25) is 14.4 Å². The summed E-state index contributed by atoms with van der Waals surface area (Å²) in [6.45, 7) is 35.0. The standard InChI is InChI=1S/3C13H24N2O2.3C13H24N2OS/c6*1-13(2,3)17-12(16)15-11-9-7-5-4-6-8-10(11)14/h7,9-11H,4-6,8,14H2,1-3H3,(H,15,16);6,8,10-11H,4-5,7,9,14H2,1-3H3,(H,15,16);4-5,10-11H,6-9,14H2,1-3H3,(H,15,16);7,9-11H,4-6,8,14H2,1-3H3,(H,15,16);6,8,10-11H,4-5,7,9,14H2,1-3H3,(H,15,16);4-5,10-11H,6-9,14H2,1-3H3,(H,15,16)/b9-7+;8-6+;5-4+;9-7+;8-6+;5-4+/t10-,11?;10?,11-;10-,11+;10-,11?;10?,11-;10-,11+/m110110/s1. The Morgan fingerprint density at radius 1 is 0.294 bits per heavy atom. The molecule has 18 N–H and O–H groups in total. The van der Waals surface area contributed by atoms with E-state index in [1.54, 1.807) is 0 Å². The van der Waals surface area contributed by atoms with Crippen molar-refractivity contribution in [3.63, 3.8) is 0 Å². The smallest absolute Gasteiger partial charge is 0.408 e. The Morgan fingerprint density at radius 3 is 0.922 bits per heavy atom. The highest BCUT2D eigenvalue weighted by molar-refractivity contribution is 8.15. The van der Waals surface area contributed by atoms with Crippen molar-refractivity contribution < 1.29 is 43.0 Å². The highest BCUT2D eigenvalue weighted by Gasteiger charge is 2.29. The van der Waals surface area contributed by atoms with E-state index < -0.39 is 22.9 Å². The van der Waals surface area contributed by atoms with Gasteiger partial charge in [0.1, 0.15) is 16.8 Å². The Labute approximate surface area is 630 Å². The van der Waals surface area contributed by atoms with Gasteiger partial charge in [-0.1, -0.05) is 196 Å². The summed E-state index contributed by atoms with van der Waals surface area (Å²) in [6, 6.07) is -0.0510. The van der Waals surface area contributed by atoms with E-state index in [0.29, 0.717) is 0 Å². The molecule has 0 saturated heterocycles. The van der Waals surface area contributed by atoms with Crippen molar-refractivity contribution in [2.75, 3.05) is 0 Å². The van der Waals surface area contributed by atoms with Gasteiger partial charge in [0.25, 0.3) is 15.7 Å². The van der Waals surface area contributed by atoms with E-state index in [-0.39, 0.29) is 115 Å². The second-order valence-electron chi connectivity index (χ2n) is 33.3. The molecule has 0 aromatic rings. The lowest BCUT2D eigenvalue weighted by atomic mass is 9.96. The second-order valence-corrected chi connectivity index (χ2v) is 38.7. The largest absolute Gasteiger partial charge is 0.444 e. The number of allylic oxidation sites excluding steroid dienone is 8.